The standard InChI is InChI=1S/C23H25ClF3N5O4S/c1-12-19-16(9-17(20(12)35-3)32-37(4,5)34)29-11-30-21(19)31-15-7-6-14(24)8-18(15)36-13(2)22(33)28-10-23(25,26)27/h6-9,11,13H,10H2,1-5H3,(H,28,33)(H,29,30,31)/t13-/m1/s1. The molecule has 0 fully saturated rings. The van der Waals surface area contributed by atoms with Gasteiger partial charge in [0, 0.05) is 44.3 Å². The van der Waals surface area contributed by atoms with Gasteiger partial charge in [-0.25, -0.2) is 14.2 Å². The second-order valence-electron chi connectivity index (χ2n) is 8.30. The van der Waals surface area contributed by atoms with Gasteiger partial charge in [0.25, 0.3) is 5.91 Å². The number of halogens is 4. The number of fused-ring (bicyclic) bond motifs is 1. The Hall–Kier alpha value is -3.32. The number of hydrogen-bond acceptors (Lipinski definition) is 8. The van der Waals surface area contributed by atoms with Crippen LogP contribution in [0.15, 0.2) is 35.0 Å². The molecular formula is C23H25ClF3N5O4S. The Labute approximate surface area is 216 Å². The van der Waals surface area contributed by atoms with E-state index < -0.39 is 34.5 Å². The van der Waals surface area contributed by atoms with Gasteiger partial charge < -0.3 is 20.1 Å². The number of hydrogen-bond donors (Lipinski definition) is 2. The fourth-order valence-corrected chi connectivity index (χ4v) is 4.21. The molecule has 0 bridgehead atoms. The molecule has 2 N–H and O–H groups in total. The van der Waals surface area contributed by atoms with Gasteiger partial charge in [-0.15, -0.1) is 0 Å². The molecule has 9 nitrogen and oxygen atoms in total. The van der Waals surface area contributed by atoms with E-state index in [1.807, 2.05) is 0 Å². The van der Waals surface area contributed by atoms with Crippen LogP contribution in [0.2, 0.25) is 5.02 Å². The Morgan fingerprint density at radius 3 is 2.57 bits per heavy atom. The van der Waals surface area contributed by atoms with Gasteiger partial charge in [-0.3, -0.25) is 4.79 Å². The van der Waals surface area contributed by atoms with Crippen molar-refractivity contribution in [3.05, 3.63) is 41.2 Å². The summed E-state index contributed by atoms with van der Waals surface area (Å²) in [6.45, 7) is 1.61. The zero-order chi connectivity index (χ0) is 27.5. The average molecular weight is 560 g/mol. The average Bonchev–Trinajstić information content (AvgIpc) is 2.77. The molecule has 3 rings (SSSR count). The Morgan fingerprint density at radius 1 is 1.24 bits per heavy atom. The van der Waals surface area contributed by atoms with Crippen LogP contribution in [0.1, 0.15) is 12.5 Å². The van der Waals surface area contributed by atoms with Gasteiger partial charge in [-0.2, -0.15) is 17.5 Å². The molecule has 3 aromatic rings. The highest BCUT2D eigenvalue weighted by molar-refractivity contribution is 7.92. The monoisotopic (exact) mass is 559 g/mol. The number of nitrogens with zero attached hydrogens (tertiary/aromatic N) is 3. The van der Waals surface area contributed by atoms with Crippen LogP contribution < -0.4 is 20.1 Å². The maximum Gasteiger partial charge on any atom is 0.405 e. The molecule has 1 atom stereocenters. The Bertz CT molecular complexity index is 1450. The first-order valence-electron chi connectivity index (χ1n) is 10.8. The maximum absolute atomic E-state index is 12.5. The molecule has 1 heterocycles. The number of alkyl halides is 3. The van der Waals surface area contributed by atoms with Gasteiger partial charge in [0.2, 0.25) is 0 Å². The molecule has 0 spiro atoms. The minimum absolute atomic E-state index is 0.113. The molecule has 1 aromatic heterocycles. The number of anilines is 2. The minimum atomic E-state index is -4.55. The van der Waals surface area contributed by atoms with Crippen molar-refractivity contribution in [1.29, 1.82) is 0 Å². The molecule has 200 valence electrons. The van der Waals surface area contributed by atoms with Crippen LogP contribution in [-0.4, -0.2) is 58.5 Å². The molecule has 14 heteroatoms. The smallest absolute Gasteiger partial charge is 0.405 e. The van der Waals surface area contributed by atoms with Crippen LogP contribution in [0.5, 0.6) is 11.5 Å². The lowest BCUT2D eigenvalue weighted by atomic mass is 10.1. The van der Waals surface area contributed by atoms with Gasteiger partial charge in [0.05, 0.1) is 18.3 Å². The highest BCUT2D eigenvalue weighted by Gasteiger charge is 2.29. The van der Waals surface area contributed by atoms with Crippen molar-refractivity contribution >= 4 is 55.3 Å². The zero-order valence-corrected chi connectivity index (χ0v) is 22.1. The predicted molar refractivity (Wildman–Crippen MR) is 137 cm³/mol. The Balaban J connectivity index is 2.01. The lowest BCUT2D eigenvalue weighted by Gasteiger charge is -2.19. The molecule has 0 saturated heterocycles. The van der Waals surface area contributed by atoms with Gasteiger partial charge in [-0.1, -0.05) is 11.6 Å². The van der Waals surface area contributed by atoms with Crippen molar-refractivity contribution in [2.24, 2.45) is 4.36 Å². The summed E-state index contributed by atoms with van der Waals surface area (Å²) in [4.78, 5) is 20.7. The number of benzene rings is 2. The second kappa shape index (κ2) is 11.0. The minimum Gasteiger partial charge on any atom is -0.494 e. The van der Waals surface area contributed by atoms with Gasteiger partial charge in [0.15, 0.2) is 6.10 Å². The zero-order valence-electron chi connectivity index (χ0n) is 20.6. The summed E-state index contributed by atoms with van der Waals surface area (Å²) in [6.07, 6.45) is -1.48. The van der Waals surface area contributed by atoms with E-state index >= 15 is 0 Å². The predicted octanol–water partition coefficient (Wildman–Crippen LogP) is 5.15. The van der Waals surface area contributed by atoms with E-state index in [1.165, 1.54) is 38.9 Å². The van der Waals surface area contributed by atoms with Crippen LogP contribution in [0.3, 0.4) is 0 Å². The lowest BCUT2D eigenvalue weighted by Crippen LogP contribution is -2.41. The molecular weight excluding hydrogens is 535 g/mol. The van der Waals surface area contributed by atoms with Gasteiger partial charge in [0.1, 0.15) is 35.9 Å². The van der Waals surface area contributed by atoms with Crippen LogP contribution >= 0.6 is 11.6 Å². The Morgan fingerprint density at radius 2 is 1.95 bits per heavy atom. The van der Waals surface area contributed by atoms with E-state index in [1.54, 1.807) is 30.4 Å². The number of nitrogens with one attached hydrogen (secondary N) is 2. The molecule has 37 heavy (non-hydrogen) atoms. The SMILES string of the molecule is COc1c(N=S(C)(C)=O)cc2ncnc(Nc3ccc(Cl)cc3O[C@H](C)C(=O)NCC(F)(F)F)c2c1C. The van der Waals surface area contributed by atoms with Crippen molar-refractivity contribution in [2.45, 2.75) is 26.1 Å². The van der Waals surface area contributed by atoms with Crippen molar-refractivity contribution in [1.82, 2.24) is 15.3 Å². The number of amides is 1. The molecule has 0 saturated carbocycles. The maximum atomic E-state index is 12.5. The first-order valence-corrected chi connectivity index (χ1v) is 13.5. The first kappa shape index (κ1) is 28.3. The fourth-order valence-electron chi connectivity index (χ4n) is 3.44. The number of carbonyl (C=O) groups excluding carboxylic acids is 1. The molecule has 0 aliphatic carbocycles. The second-order valence-corrected chi connectivity index (χ2v) is 11.3. The number of methoxy groups -OCH3 is 1. The summed E-state index contributed by atoms with van der Waals surface area (Å²) < 4.78 is 65.1. The van der Waals surface area contributed by atoms with Crippen LogP contribution in [0.25, 0.3) is 10.9 Å². The summed E-state index contributed by atoms with van der Waals surface area (Å²) in [7, 11) is -1.02. The molecule has 0 aliphatic rings. The van der Waals surface area contributed by atoms with Crippen molar-refractivity contribution in [3.63, 3.8) is 0 Å². The molecule has 2 aromatic carbocycles. The molecule has 0 aliphatic heterocycles. The summed E-state index contributed by atoms with van der Waals surface area (Å²) in [6, 6.07) is 6.20. The van der Waals surface area contributed by atoms with Crippen LogP contribution in [0, 0.1) is 6.92 Å². The summed E-state index contributed by atoms with van der Waals surface area (Å²) >= 11 is 6.10. The summed E-state index contributed by atoms with van der Waals surface area (Å²) in [5.41, 5.74) is 1.84. The van der Waals surface area contributed by atoms with Gasteiger partial charge >= 0.3 is 6.18 Å². The van der Waals surface area contributed by atoms with E-state index in [9.17, 15) is 22.2 Å². The van der Waals surface area contributed by atoms with Crippen molar-refractivity contribution in [2.75, 3.05) is 31.5 Å². The number of aryl methyl sites for hydroxylation is 1. The molecule has 1 amide bonds. The van der Waals surface area contributed by atoms with Crippen LogP contribution in [0.4, 0.5) is 30.4 Å². The fraction of sp³-hybridized carbons (Fsp3) is 0.348. The summed E-state index contributed by atoms with van der Waals surface area (Å²) in [5.74, 6) is -0.0929. The summed E-state index contributed by atoms with van der Waals surface area (Å²) in [5, 5.41) is 5.76. The van der Waals surface area contributed by atoms with E-state index in [4.69, 9.17) is 21.1 Å². The Kier molecular flexibility index (Phi) is 8.38. The highest BCUT2D eigenvalue weighted by Crippen LogP contribution is 2.41. The number of aromatic nitrogens is 2. The molecule has 0 radical (unpaired) electrons. The third kappa shape index (κ3) is 7.35. The van der Waals surface area contributed by atoms with E-state index in [0.29, 0.717) is 39.4 Å². The third-order valence-corrected chi connectivity index (χ3v) is 5.82. The van der Waals surface area contributed by atoms with Crippen LogP contribution in [-0.2, 0) is 14.5 Å². The van der Waals surface area contributed by atoms with Gasteiger partial charge in [-0.05, 0) is 32.0 Å². The highest BCUT2D eigenvalue weighted by atomic mass is 35.5. The van der Waals surface area contributed by atoms with E-state index in [0.717, 1.165) is 0 Å². The quantitative estimate of drug-likeness (QED) is 0.392. The van der Waals surface area contributed by atoms with E-state index in [-0.39, 0.29) is 10.8 Å². The first-order chi connectivity index (χ1) is 17.2. The number of ether oxygens (including phenoxy) is 2. The lowest BCUT2D eigenvalue weighted by molar-refractivity contribution is -0.142. The van der Waals surface area contributed by atoms with Crippen molar-refractivity contribution < 1.29 is 31.6 Å². The van der Waals surface area contributed by atoms with Crippen molar-refractivity contribution in [3.8, 4) is 11.5 Å². The normalized spacial score (nSPS) is 12.7. The third-order valence-electron chi connectivity index (χ3n) is 4.95. The number of carbonyl (C=O) groups is 1. The number of rotatable bonds is 8. The largest absolute Gasteiger partial charge is 0.494 e. The van der Waals surface area contributed by atoms with E-state index in [2.05, 4.69) is 19.6 Å². The molecule has 0 unspecified atom stereocenters. The topological polar surface area (TPSA) is 115 Å².